The summed E-state index contributed by atoms with van der Waals surface area (Å²) in [6.45, 7) is 4.13. The fraction of sp³-hybridized carbons (Fsp3) is 0.625. The minimum atomic E-state index is 0.539. The van der Waals surface area contributed by atoms with Gasteiger partial charge in [-0.15, -0.1) is 0 Å². The predicted octanol–water partition coefficient (Wildman–Crippen LogP) is 3.33. The van der Waals surface area contributed by atoms with Gasteiger partial charge < -0.3 is 10.1 Å². The molecule has 0 aromatic heterocycles. The van der Waals surface area contributed by atoms with Gasteiger partial charge in [0.2, 0.25) is 0 Å². The second kappa shape index (κ2) is 6.91. The topological polar surface area (TPSA) is 21.3 Å². The lowest BCUT2D eigenvalue weighted by Crippen LogP contribution is -2.32. The van der Waals surface area contributed by atoms with Gasteiger partial charge in [-0.2, -0.15) is 0 Å². The van der Waals surface area contributed by atoms with Crippen LogP contribution in [0.2, 0.25) is 0 Å². The number of benzene rings is 1. The highest BCUT2D eigenvalue weighted by Gasteiger charge is 2.27. The van der Waals surface area contributed by atoms with Crippen molar-refractivity contribution in [2.75, 3.05) is 20.3 Å². The Balaban J connectivity index is 2.08. The molecule has 18 heavy (non-hydrogen) atoms. The number of fused-ring (bicyclic) bond motifs is 1. The summed E-state index contributed by atoms with van der Waals surface area (Å²) in [6, 6.07) is 9.45. The third-order valence-corrected chi connectivity index (χ3v) is 3.99. The molecule has 2 rings (SSSR count). The van der Waals surface area contributed by atoms with E-state index < -0.39 is 0 Å². The van der Waals surface area contributed by atoms with E-state index in [9.17, 15) is 0 Å². The first-order valence-electron chi connectivity index (χ1n) is 7.17. The highest BCUT2D eigenvalue weighted by Crippen LogP contribution is 2.36. The molecule has 0 saturated heterocycles. The van der Waals surface area contributed by atoms with E-state index in [0.717, 1.165) is 19.1 Å². The second-order valence-electron chi connectivity index (χ2n) is 5.17. The van der Waals surface area contributed by atoms with Gasteiger partial charge in [-0.25, -0.2) is 0 Å². The van der Waals surface area contributed by atoms with Gasteiger partial charge in [0.1, 0.15) is 0 Å². The van der Waals surface area contributed by atoms with Gasteiger partial charge in [0, 0.05) is 19.8 Å². The van der Waals surface area contributed by atoms with Crippen LogP contribution in [0.4, 0.5) is 0 Å². The van der Waals surface area contributed by atoms with Gasteiger partial charge >= 0.3 is 0 Å². The van der Waals surface area contributed by atoms with E-state index in [1.165, 1.54) is 36.8 Å². The molecule has 1 aromatic carbocycles. The number of rotatable bonds is 6. The summed E-state index contributed by atoms with van der Waals surface area (Å²) in [7, 11) is 1.79. The van der Waals surface area contributed by atoms with E-state index >= 15 is 0 Å². The van der Waals surface area contributed by atoms with Crippen LogP contribution >= 0.6 is 0 Å². The lowest BCUT2D eigenvalue weighted by Gasteiger charge is -2.34. The largest absolute Gasteiger partial charge is 0.385 e. The Bertz CT molecular complexity index is 364. The summed E-state index contributed by atoms with van der Waals surface area (Å²) in [6.07, 6.45) is 4.97. The molecule has 0 aliphatic heterocycles. The molecule has 1 N–H and O–H groups in total. The van der Waals surface area contributed by atoms with Crippen LogP contribution in [0.15, 0.2) is 24.3 Å². The summed E-state index contributed by atoms with van der Waals surface area (Å²) in [5.41, 5.74) is 3.06. The van der Waals surface area contributed by atoms with E-state index in [1.54, 1.807) is 7.11 Å². The first-order valence-corrected chi connectivity index (χ1v) is 7.17. The molecule has 100 valence electrons. The summed E-state index contributed by atoms with van der Waals surface area (Å²) in [5.74, 6) is 0.759. The van der Waals surface area contributed by atoms with Crippen molar-refractivity contribution in [1.29, 1.82) is 0 Å². The zero-order valence-electron chi connectivity index (χ0n) is 11.6. The molecule has 0 spiro atoms. The van der Waals surface area contributed by atoms with Gasteiger partial charge in [0.25, 0.3) is 0 Å². The third-order valence-electron chi connectivity index (χ3n) is 3.99. The van der Waals surface area contributed by atoms with Crippen LogP contribution in [0.25, 0.3) is 0 Å². The molecule has 0 bridgehead atoms. The third kappa shape index (κ3) is 3.12. The maximum absolute atomic E-state index is 5.18. The van der Waals surface area contributed by atoms with E-state index in [-0.39, 0.29) is 0 Å². The van der Waals surface area contributed by atoms with Crippen molar-refractivity contribution in [2.45, 2.75) is 38.6 Å². The van der Waals surface area contributed by atoms with Crippen LogP contribution in [-0.2, 0) is 11.2 Å². The van der Waals surface area contributed by atoms with E-state index in [1.807, 2.05) is 0 Å². The van der Waals surface area contributed by atoms with Crippen LogP contribution < -0.4 is 5.32 Å². The minimum absolute atomic E-state index is 0.539. The van der Waals surface area contributed by atoms with Crippen molar-refractivity contribution >= 4 is 0 Å². The van der Waals surface area contributed by atoms with Gasteiger partial charge in [-0.1, -0.05) is 31.2 Å². The van der Waals surface area contributed by atoms with E-state index in [4.69, 9.17) is 4.74 Å². The molecule has 1 aliphatic carbocycles. The Kier molecular flexibility index (Phi) is 5.21. The van der Waals surface area contributed by atoms with Crippen molar-refractivity contribution in [3.05, 3.63) is 35.4 Å². The zero-order chi connectivity index (χ0) is 12.8. The molecule has 2 atom stereocenters. The quantitative estimate of drug-likeness (QED) is 0.779. The Morgan fingerprint density at radius 1 is 1.33 bits per heavy atom. The van der Waals surface area contributed by atoms with Crippen molar-refractivity contribution < 1.29 is 4.74 Å². The Labute approximate surface area is 111 Å². The van der Waals surface area contributed by atoms with Crippen LogP contribution in [0, 0.1) is 5.92 Å². The first kappa shape index (κ1) is 13.6. The maximum atomic E-state index is 5.18. The minimum Gasteiger partial charge on any atom is -0.385 e. The monoisotopic (exact) mass is 247 g/mol. The van der Waals surface area contributed by atoms with Crippen LogP contribution in [0.5, 0.6) is 0 Å². The van der Waals surface area contributed by atoms with E-state index in [0.29, 0.717) is 6.04 Å². The molecule has 1 aromatic rings. The summed E-state index contributed by atoms with van der Waals surface area (Å²) in [4.78, 5) is 0. The number of hydrogen-bond acceptors (Lipinski definition) is 2. The van der Waals surface area contributed by atoms with Crippen LogP contribution in [0.3, 0.4) is 0 Å². The standard InChI is InChI=1S/C16H25NO/c1-3-17-16-14(8-6-12-18-2)11-10-13-7-4-5-9-15(13)16/h4-5,7,9,14,16-17H,3,6,8,10-12H2,1-2H3. The fourth-order valence-corrected chi connectivity index (χ4v) is 3.12. The highest BCUT2D eigenvalue weighted by atomic mass is 16.5. The van der Waals surface area contributed by atoms with Crippen LogP contribution in [-0.4, -0.2) is 20.3 Å². The smallest absolute Gasteiger partial charge is 0.0462 e. The SMILES string of the molecule is CCNC1c2ccccc2CCC1CCCOC. The lowest BCUT2D eigenvalue weighted by molar-refractivity contribution is 0.178. The second-order valence-corrected chi connectivity index (χ2v) is 5.17. The molecule has 2 unspecified atom stereocenters. The summed E-state index contributed by atoms with van der Waals surface area (Å²) >= 11 is 0. The van der Waals surface area contributed by atoms with Crippen molar-refractivity contribution in [2.24, 2.45) is 5.92 Å². The molecule has 1 aliphatic rings. The number of ether oxygens (including phenoxy) is 1. The molecule has 2 heteroatoms. The molecule has 0 saturated carbocycles. The van der Waals surface area contributed by atoms with Gasteiger partial charge in [-0.05, 0) is 49.3 Å². The Hall–Kier alpha value is -0.860. The molecular weight excluding hydrogens is 222 g/mol. The van der Waals surface area contributed by atoms with Crippen molar-refractivity contribution in [3.63, 3.8) is 0 Å². The van der Waals surface area contributed by atoms with Gasteiger partial charge in [0.15, 0.2) is 0 Å². The molecule has 2 nitrogen and oxygen atoms in total. The average Bonchev–Trinajstić information content (AvgIpc) is 2.41. The molecule has 0 fully saturated rings. The number of hydrogen-bond donors (Lipinski definition) is 1. The molecule has 0 amide bonds. The normalized spacial score (nSPS) is 22.8. The zero-order valence-corrected chi connectivity index (χ0v) is 11.6. The summed E-state index contributed by atoms with van der Waals surface area (Å²) < 4.78 is 5.18. The number of aryl methyl sites for hydroxylation is 1. The Morgan fingerprint density at radius 3 is 2.94 bits per heavy atom. The Morgan fingerprint density at radius 2 is 2.17 bits per heavy atom. The fourth-order valence-electron chi connectivity index (χ4n) is 3.12. The lowest BCUT2D eigenvalue weighted by atomic mass is 9.77. The number of methoxy groups -OCH3 is 1. The number of nitrogens with one attached hydrogen (secondary N) is 1. The average molecular weight is 247 g/mol. The van der Waals surface area contributed by atoms with Gasteiger partial charge in [0.05, 0.1) is 0 Å². The molecular formula is C16H25NO. The first-order chi connectivity index (χ1) is 8.86. The molecule has 0 radical (unpaired) electrons. The van der Waals surface area contributed by atoms with Crippen LogP contribution in [0.1, 0.15) is 43.4 Å². The predicted molar refractivity (Wildman–Crippen MR) is 75.8 cm³/mol. The maximum Gasteiger partial charge on any atom is 0.0462 e. The highest BCUT2D eigenvalue weighted by molar-refractivity contribution is 5.33. The van der Waals surface area contributed by atoms with Crippen molar-refractivity contribution in [1.82, 2.24) is 5.32 Å². The van der Waals surface area contributed by atoms with Crippen molar-refractivity contribution in [3.8, 4) is 0 Å². The van der Waals surface area contributed by atoms with E-state index in [2.05, 4.69) is 36.5 Å². The van der Waals surface area contributed by atoms with Gasteiger partial charge in [-0.3, -0.25) is 0 Å². The summed E-state index contributed by atoms with van der Waals surface area (Å²) in [5, 5.41) is 3.68. The molecule has 0 heterocycles.